The first kappa shape index (κ1) is 16.4. The Kier molecular flexibility index (Phi) is 5.10. The standard InChI is InChI=1S/C17H22N4O3/c1-21(13-5-3-2-4-6-13)11-15(23)18-17-20-19-16(24-17)12-7-9-14(22)10-8-12/h7-10,13,22H,2-6,11H2,1H3,(H,18,20,23). The zero-order valence-corrected chi connectivity index (χ0v) is 13.7. The number of phenols is 1. The van der Waals surface area contributed by atoms with Gasteiger partial charge in [-0.05, 0) is 44.2 Å². The smallest absolute Gasteiger partial charge is 0.322 e. The summed E-state index contributed by atoms with van der Waals surface area (Å²) in [7, 11) is 1.98. The SMILES string of the molecule is CN(CC(=O)Nc1nnc(-c2ccc(O)cc2)o1)C1CCCCC1. The number of amides is 1. The summed E-state index contributed by atoms with van der Waals surface area (Å²) < 4.78 is 5.45. The van der Waals surface area contributed by atoms with Crippen LogP contribution in [0.25, 0.3) is 11.5 Å². The first-order valence-corrected chi connectivity index (χ1v) is 8.25. The first-order valence-electron chi connectivity index (χ1n) is 8.25. The minimum absolute atomic E-state index is 0.0834. The van der Waals surface area contributed by atoms with Gasteiger partial charge in [0.05, 0.1) is 6.54 Å². The van der Waals surface area contributed by atoms with Gasteiger partial charge in [-0.2, -0.15) is 0 Å². The van der Waals surface area contributed by atoms with Crippen molar-refractivity contribution in [1.82, 2.24) is 15.1 Å². The summed E-state index contributed by atoms with van der Waals surface area (Å²) in [5.41, 5.74) is 0.681. The molecule has 1 heterocycles. The molecule has 1 aliphatic rings. The molecule has 1 aromatic carbocycles. The monoisotopic (exact) mass is 330 g/mol. The molecule has 1 aliphatic carbocycles. The largest absolute Gasteiger partial charge is 0.508 e. The maximum absolute atomic E-state index is 12.1. The molecule has 1 aromatic heterocycles. The van der Waals surface area contributed by atoms with Gasteiger partial charge in [0.25, 0.3) is 0 Å². The van der Waals surface area contributed by atoms with Crippen molar-refractivity contribution in [2.45, 2.75) is 38.1 Å². The molecular formula is C17H22N4O3. The van der Waals surface area contributed by atoms with Crippen molar-refractivity contribution in [3.8, 4) is 17.2 Å². The van der Waals surface area contributed by atoms with Crippen LogP contribution in [0.3, 0.4) is 0 Å². The Hall–Kier alpha value is -2.41. The molecule has 1 saturated carbocycles. The summed E-state index contributed by atoms with van der Waals surface area (Å²) in [6, 6.07) is 6.98. The van der Waals surface area contributed by atoms with Crippen LogP contribution in [0.1, 0.15) is 32.1 Å². The molecule has 0 radical (unpaired) electrons. The number of phenolic OH excluding ortho intramolecular Hbond substituents is 1. The van der Waals surface area contributed by atoms with E-state index in [0.29, 0.717) is 24.0 Å². The zero-order chi connectivity index (χ0) is 16.9. The Morgan fingerprint density at radius 1 is 1.25 bits per heavy atom. The second kappa shape index (κ2) is 7.44. The number of hydrogen-bond donors (Lipinski definition) is 2. The fourth-order valence-corrected chi connectivity index (χ4v) is 3.03. The van der Waals surface area contributed by atoms with Gasteiger partial charge in [0.15, 0.2) is 0 Å². The minimum Gasteiger partial charge on any atom is -0.508 e. The highest BCUT2D eigenvalue weighted by Gasteiger charge is 2.20. The molecule has 1 fully saturated rings. The van der Waals surface area contributed by atoms with Crippen LogP contribution in [0.5, 0.6) is 5.75 Å². The summed E-state index contributed by atoms with van der Waals surface area (Å²) in [4.78, 5) is 14.2. The fraction of sp³-hybridized carbons (Fsp3) is 0.471. The second-order valence-corrected chi connectivity index (χ2v) is 6.21. The normalized spacial score (nSPS) is 15.6. The third-order valence-electron chi connectivity index (χ3n) is 4.38. The molecule has 0 bridgehead atoms. The van der Waals surface area contributed by atoms with Crippen molar-refractivity contribution in [3.05, 3.63) is 24.3 Å². The van der Waals surface area contributed by atoms with Crippen molar-refractivity contribution >= 4 is 11.9 Å². The van der Waals surface area contributed by atoms with Gasteiger partial charge in [-0.3, -0.25) is 15.0 Å². The molecular weight excluding hydrogens is 308 g/mol. The van der Waals surface area contributed by atoms with Gasteiger partial charge < -0.3 is 9.52 Å². The number of benzene rings is 1. The Balaban J connectivity index is 1.56. The maximum Gasteiger partial charge on any atom is 0.322 e. The van der Waals surface area contributed by atoms with Crippen LogP contribution in [0.2, 0.25) is 0 Å². The van der Waals surface area contributed by atoms with E-state index in [1.54, 1.807) is 12.1 Å². The molecule has 0 aliphatic heterocycles. The summed E-state index contributed by atoms with van der Waals surface area (Å²) in [6.07, 6.45) is 6.05. The van der Waals surface area contributed by atoms with E-state index in [0.717, 1.165) is 12.8 Å². The third kappa shape index (κ3) is 4.11. The maximum atomic E-state index is 12.1. The van der Waals surface area contributed by atoms with E-state index in [9.17, 15) is 9.90 Å². The topological polar surface area (TPSA) is 91.5 Å². The number of carbonyl (C=O) groups is 1. The molecule has 7 heteroatoms. The molecule has 2 aromatic rings. The Morgan fingerprint density at radius 3 is 2.67 bits per heavy atom. The molecule has 7 nitrogen and oxygen atoms in total. The summed E-state index contributed by atoms with van der Waals surface area (Å²) >= 11 is 0. The summed E-state index contributed by atoms with van der Waals surface area (Å²) in [6.45, 7) is 0.307. The minimum atomic E-state index is -0.163. The van der Waals surface area contributed by atoms with Gasteiger partial charge in [-0.15, -0.1) is 5.10 Å². The molecule has 24 heavy (non-hydrogen) atoms. The highest BCUT2D eigenvalue weighted by Crippen LogP contribution is 2.23. The van der Waals surface area contributed by atoms with E-state index < -0.39 is 0 Å². The van der Waals surface area contributed by atoms with Crippen LogP contribution in [0, 0.1) is 0 Å². The first-order chi connectivity index (χ1) is 11.6. The van der Waals surface area contributed by atoms with Crippen molar-refractivity contribution in [2.75, 3.05) is 18.9 Å². The molecule has 0 saturated heterocycles. The lowest BCUT2D eigenvalue weighted by molar-refractivity contribution is -0.117. The Labute approximate surface area is 140 Å². The van der Waals surface area contributed by atoms with Crippen molar-refractivity contribution in [3.63, 3.8) is 0 Å². The number of hydrogen-bond acceptors (Lipinski definition) is 6. The predicted octanol–water partition coefficient (Wildman–Crippen LogP) is 2.65. The summed E-state index contributed by atoms with van der Waals surface area (Å²) in [5, 5.41) is 19.7. The van der Waals surface area contributed by atoms with Gasteiger partial charge >= 0.3 is 6.01 Å². The van der Waals surface area contributed by atoms with E-state index in [1.807, 2.05) is 7.05 Å². The van der Waals surface area contributed by atoms with E-state index in [2.05, 4.69) is 20.4 Å². The number of nitrogens with one attached hydrogen (secondary N) is 1. The number of nitrogens with zero attached hydrogens (tertiary/aromatic N) is 3. The average molecular weight is 330 g/mol. The molecule has 1 amide bonds. The summed E-state index contributed by atoms with van der Waals surface area (Å²) in [5.74, 6) is 0.299. The zero-order valence-electron chi connectivity index (χ0n) is 13.7. The van der Waals surface area contributed by atoms with Gasteiger partial charge in [-0.1, -0.05) is 24.4 Å². The third-order valence-corrected chi connectivity index (χ3v) is 4.38. The molecule has 0 spiro atoms. The van der Waals surface area contributed by atoms with E-state index >= 15 is 0 Å². The van der Waals surface area contributed by atoms with Gasteiger partial charge in [0, 0.05) is 11.6 Å². The fourth-order valence-electron chi connectivity index (χ4n) is 3.03. The highest BCUT2D eigenvalue weighted by atomic mass is 16.4. The number of aromatic nitrogens is 2. The van der Waals surface area contributed by atoms with Crippen LogP contribution in [0.4, 0.5) is 6.01 Å². The quantitative estimate of drug-likeness (QED) is 0.876. The van der Waals surface area contributed by atoms with Gasteiger partial charge in [-0.25, -0.2) is 0 Å². The molecule has 0 atom stereocenters. The number of likely N-dealkylation sites (N-methyl/N-ethyl adjacent to an activating group) is 1. The van der Waals surface area contributed by atoms with E-state index in [-0.39, 0.29) is 17.7 Å². The van der Waals surface area contributed by atoms with Crippen LogP contribution >= 0.6 is 0 Å². The molecule has 3 rings (SSSR count). The molecule has 128 valence electrons. The Morgan fingerprint density at radius 2 is 1.96 bits per heavy atom. The van der Waals surface area contributed by atoms with E-state index in [1.165, 1.54) is 31.4 Å². The lowest BCUT2D eigenvalue weighted by Crippen LogP contribution is -2.39. The number of carbonyl (C=O) groups excluding carboxylic acids is 1. The molecule has 2 N–H and O–H groups in total. The van der Waals surface area contributed by atoms with Crippen molar-refractivity contribution < 1.29 is 14.3 Å². The highest BCUT2D eigenvalue weighted by molar-refractivity contribution is 5.90. The van der Waals surface area contributed by atoms with Crippen molar-refractivity contribution in [1.29, 1.82) is 0 Å². The van der Waals surface area contributed by atoms with Crippen LogP contribution in [-0.2, 0) is 4.79 Å². The second-order valence-electron chi connectivity index (χ2n) is 6.21. The number of rotatable bonds is 5. The van der Waals surface area contributed by atoms with Crippen LogP contribution < -0.4 is 5.32 Å². The number of anilines is 1. The van der Waals surface area contributed by atoms with Crippen LogP contribution in [0.15, 0.2) is 28.7 Å². The van der Waals surface area contributed by atoms with Crippen LogP contribution in [-0.4, -0.2) is 45.7 Å². The lowest BCUT2D eigenvalue weighted by atomic mass is 9.94. The number of aromatic hydroxyl groups is 1. The lowest BCUT2D eigenvalue weighted by Gasteiger charge is -2.30. The van der Waals surface area contributed by atoms with Crippen molar-refractivity contribution in [2.24, 2.45) is 0 Å². The van der Waals surface area contributed by atoms with E-state index in [4.69, 9.17) is 4.42 Å². The molecule has 0 unspecified atom stereocenters. The van der Waals surface area contributed by atoms with Gasteiger partial charge in [0.2, 0.25) is 11.8 Å². The average Bonchev–Trinajstić information content (AvgIpc) is 3.04. The predicted molar refractivity (Wildman–Crippen MR) is 89.5 cm³/mol. The van der Waals surface area contributed by atoms with Gasteiger partial charge in [0.1, 0.15) is 5.75 Å². The Bertz CT molecular complexity index is 677.